The van der Waals surface area contributed by atoms with Gasteiger partial charge in [-0.15, -0.1) is 0 Å². The van der Waals surface area contributed by atoms with E-state index in [1.165, 1.54) is 0 Å². The molecule has 1 aliphatic rings. The molecule has 3 nitrogen and oxygen atoms in total. The van der Waals surface area contributed by atoms with Crippen LogP contribution >= 0.6 is 0 Å². The SMILES string of the molecule is C.NC1CCC(NC=O)CC1. The number of rotatable bonds is 2. The van der Waals surface area contributed by atoms with Gasteiger partial charge >= 0.3 is 0 Å². The van der Waals surface area contributed by atoms with E-state index >= 15 is 0 Å². The summed E-state index contributed by atoms with van der Waals surface area (Å²) in [6.45, 7) is 0. The lowest BCUT2D eigenvalue weighted by Crippen LogP contribution is -2.36. The van der Waals surface area contributed by atoms with E-state index in [9.17, 15) is 4.79 Å². The van der Waals surface area contributed by atoms with Crippen molar-refractivity contribution in [2.45, 2.75) is 45.2 Å². The molecular formula is C8H18N2O. The maximum Gasteiger partial charge on any atom is 0.207 e. The zero-order valence-corrected chi connectivity index (χ0v) is 6.05. The number of carbonyl (C=O) groups is 1. The Labute approximate surface area is 68.3 Å². The molecule has 0 radical (unpaired) electrons. The van der Waals surface area contributed by atoms with Crippen LogP contribution in [-0.4, -0.2) is 18.5 Å². The molecule has 0 bridgehead atoms. The molecule has 1 aliphatic carbocycles. The van der Waals surface area contributed by atoms with E-state index in [2.05, 4.69) is 5.32 Å². The second-order valence-electron chi connectivity index (χ2n) is 2.90. The van der Waals surface area contributed by atoms with Crippen molar-refractivity contribution in [2.75, 3.05) is 0 Å². The van der Waals surface area contributed by atoms with E-state index in [0.29, 0.717) is 12.1 Å². The number of hydrogen-bond donors (Lipinski definition) is 2. The van der Waals surface area contributed by atoms with E-state index in [1.807, 2.05) is 0 Å². The van der Waals surface area contributed by atoms with E-state index in [1.54, 1.807) is 0 Å². The van der Waals surface area contributed by atoms with Crippen molar-refractivity contribution in [1.82, 2.24) is 5.32 Å². The normalized spacial score (nSPS) is 30.3. The van der Waals surface area contributed by atoms with Crippen molar-refractivity contribution in [3.05, 3.63) is 0 Å². The number of nitrogens with one attached hydrogen (secondary N) is 1. The highest BCUT2D eigenvalue weighted by Gasteiger charge is 2.16. The van der Waals surface area contributed by atoms with Gasteiger partial charge in [0.05, 0.1) is 0 Å². The van der Waals surface area contributed by atoms with Crippen molar-refractivity contribution in [1.29, 1.82) is 0 Å². The number of amides is 1. The Balaban J connectivity index is 0.000001000. The van der Waals surface area contributed by atoms with Crippen LogP contribution in [0.4, 0.5) is 0 Å². The molecule has 1 amide bonds. The first kappa shape index (κ1) is 10.4. The highest BCUT2D eigenvalue weighted by Crippen LogP contribution is 2.15. The van der Waals surface area contributed by atoms with Gasteiger partial charge in [0.2, 0.25) is 6.41 Å². The van der Waals surface area contributed by atoms with Crippen molar-refractivity contribution < 1.29 is 4.79 Å². The van der Waals surface area contributed by atoms with Crippen LogP contribution in [0.2, 0.25) is 0 Å². The largest absolute Gasteiger partial charge is 0.356 e. The van der Waals surface area contributed by atoms with Gasteiger partial charge in [0, 0.05) is 12.1 Å². The van der Waals surface area contributed by atoms with Gasteiger partial charge in [0.15, 0.2) is 0 Å². The summed E-state index contributed by atoms with van der Waals surface area (Å²) in [6.07, 6.45) is 4.96. The van der Waals surface area contributed by atoms with Crippen LogP contribution in [0.3, 0.4) is 0 Å². The third-order valence-corrected chi connectivity index (χ3v) is 2.08. The average Bonchev–Trinajstić information content (AvgIpc) is 1.95. The molecule has 1 fully saturated rings. The van der Waals surface area contributed by atoms with Gasteiger partial charge in [-0.1, -0.05) is 7.43 Å². The van der Waals surface area contributed by atoms with Gasteiger partial charge in [-0.2, -0.15) is 0 Å². The fourth-order valence-corrected chi connectivity index (χ4v) is 1.38. The molecule has 3 N–H and O–H groups in total. The van der Waals surface area contributed by atoms with Crippen molar-refractivity contribution in [3.63, 3.8) is 0 Å². The molecule has 0 aliphatic heterocycles. The Hall–Kier alpha value is -0.570. The maximum absolute atomic E-state index is 10.0. The lowest BCUT2D eigenvalue weighted by atomic mass is 9.92. The van der Waals surface area contributed by atoms with Crippen molar-refractivity contribution in [2.24, 2.45) is 5.73 Å². The van der Waals surface area contributed by atoms with Crippen LogP contribution in [0.5, 0.6) is 0 Å². The second kappa shape index (κ2) is 5.13. The maximum atomic E-state index is 10.0. The number of carbonyl (C=O) groups excluding carboxylic acids is 1. The summed E-state index contributed by atoms with van der Waals surface area (Å²) in [7, 11) is 0. The van der Waals surface area contributed by atoms with Crippen LogP contribution < -0.4 is 11.1 Å². The average molecular weight is 158 g/mol. The zero-order valence-electron chi connectivity index (χ0n) is 6.05. The monoisotopic (exact) mass is 158 g/mol. The van der Waals surface area contributed by atoms with Gasteiger partial charge in [-0.05, 0) is 25.7 Å². The van der Waals surface area contributed by atoms with E-state index in [4.69, 9.17) is 5.73 Å². The molecule has 0 spiro atoms. The van der Waals surface area contributed by atoms with E-state index in [0.717, 1.165) is 32.1 Å². The topological polar surface area (TPSA) is 55.1 Å². The van der Waals surface area contributed by atoms with Crippen molar-refractivity contribution in [3.8, 4) is 0 Å². The summed E-state index contributed by atoms with van der Waals surface area (Å²) in [5.74, 6) is 0. The second-order valence-corrected chi connectivity index (χ2v) is 2.90. The fraction of sp³-hybridized carbons (Fsp3) is 0.875. The van der Waals surface area contributed by atoms with Gasteiger partial charge in [-0.3, -0.25) is 4.79 Å². The first-order chi connectivity index (χ1) is 4.83. The predicted molar refractivity (Wildman–Crippen MR) is 46.2 cm³/mol. The standard InChI is InChI=1S/C7H14N2O.CH4/c8-6-1-3-7(4-2-6)9-5-10;/h5-7H,1-4,8H2,(H,9,10);1H4. The van der Waals surface area contributed by atoms with Crippen LogP contribution in [0.1, 0.15) is 33.1 Å². The Morgan fingerprint density at radius 3 is 2.27 bits per heavy atom. The molecule has 11 heavy (non-hydrogen) atoms. The fourth-order valence-electron chi connectivity index (χ4n) is 1.38. The minimum absolute atomic E-state index is 0. The summed E-state index contributed by atoms with van der Waals surface area (Å²) in [5, 5.41) is 2.77. The van der Waals surface area contributed by atoms with Crippen LogP contribution in [0.25, 0.3) is 0 Å². The predicted octanol–water partition coefficient (Wildman–Crippen LogP) is 0.638. The zero-order chi connectivity index (χ0) is 7.40. The minimum atomic E-state index is 0. The molecule has 0 saturated heterocycles. The highest BCUT2D eigenvalue weighted by molar-refractivity contribution is 5.46. The third-order valence-electron chi connectivity index (χ3n) is 2.08. The van der Waals surface area contributed by atoms with E-state index in [-0.39, 0.29) is 7.43 Å². The Morgan fingerprint density at radius 1 is 1.27 bits per heavy atom. The molecule has 0 heterocycles. The number of hydrogen-bond acceptors (Lipinski definition) is 2. The van der Waals surface area contributed by atoms with E-state index < -0.39 is 0 Å². The minimum Gasteiger partial charge on any atom is -0.356 e. The Morgan fingerprint density at radius 2 is 1.82 bits per heavy atom. The first-order valence-electron chi connectivity index (χ1n) is 3.78. The molecular weight excluding hydrogens is 140 g/mol. The van der Waals surface area contributed by atoms with Crippen LogP contribution in [-0.2, 0) is 4.79 Å². The van der Waals surface area contributed by atoms with Crippen LogP contribution in [0.15, 0.2) is 0 Å². The molecule has 0 aromatic heterocycles. The molecule has 3 heteroatoms. The molecule has 0 atom stereocenters. The molecule has 1 saturated carbocycles. The molecule has 0 unspecified atom stereocenters. The molecule has 66 valence electrons. The van der Waals surface area contributed by atoms with Crippen molar-refractivity contribution >= 4 is 6.41 Å². The van der Waals surface area contributed by atoms with Gasteiger partial charge in [0.1, 0.15) is 0 Å². The smallest absolute Gasteiger partial charge is 0.207 e. The quantitative estimate of drug-likeness (QED) is 0.579. The summed E-state index contributed by atoms with van der Waals surface area (Å²) >= 11 is 0. The summed E-state index contributed by atoms with van der Waals surface area (Å²) in [6, 6.07) is 0.752. The molecule has 0 aromatic carbocycles. The first-order valence-corrected chi connectivity index (χ1v) is 3.78. The van der Waals surface area contributed by atoms with Gasteiger partial charge < -0.3 is 11.1 Å². The Kier molecular flexibility index (Phi) is 4.86. The molecule has 1 rings (SSSR count). The lowest BCUT2D eigenvalue weighted by molar-refractivity contribution is -0.110. The number of nitrogens with two attached hydrogens (primary N) is 1. The lowest BCUT2D eigenvalue weighted by Gasteiger charge is -2.25. The van der Waals surface area contributed by atoms with Gasteiger partial charge in [-0.25, -0.2) is 0 Å². The summed E-state index contributed by atoms with van der Waals surface area (Å²) in [4.78, 5) is 10.0. The highest BCUT2D eigenvalue weighted by atomic mass is 16.1. The van der Waals surface area contributed by atoms with Crippen LogP contribution in [0, 0.1) is 0 Å². The Bertz CT molecular complexity index is 109. The summed E-state index contributed by atoms with van der Waals surface area (Å²) in [5.41, 5.74) is 5.68. The van der Waals surface area contributed by atoms with Gasteiger partial charge in [0.25, 0.3) is 0 Å². The molecule has 0 aromatic rings. The summed E-state index contributed by atoms with van der Waals surface area (Å²) < 4.78 is 0. The third kappa shape index (κ3) is 3.37.